The molecule has 0 bridgehead atoms. The van der Waals surface area contributed by atoms with Gasteiger partial charge in [0.15, 0.2) is 0 Å². The van der Waals surface area contributed by atoms with E-state index in [1.165, 1.54) is 150 Å². The van der Waals surface area contributed by atoms with Gasteiger partial charge in [-0.25, -0.2) is 0 Å². The van der Waals surface area contributed by atoms with Crippen molar-refractivity contribution >= 4 is 109 Å². The lowest BCUT2D eigenvalue weighted by Crippen LogP contribution is -2.55. The van der Waals surface area contributed by atoms with Crippen LogP contribution in [-0.2, 0) is 32.5 Å². The van der Waals surface area contributed by atoms with Crippen LogP contribution in [0.2, 0.25) is 0 Å². The van der Waals surface area contributed by atoms with Crippen LogP contribution in [-0.4, -0.2) is 11.3 Å². The Hall–Kier alpha value is -4.84. The third-order valence-electron chi connectivity index (χ3n) is 17.6. The van der Waals surface area contributed by atoms with Crippen LogP contribution in [0.4, 0.5) is 17.1 Å². The van der Waals surface area contributed by atoms with Crippen LogP contribution in [0.15, 0.2) is 91.0 Å². The molecule has 13 rings (SSSR count). The van der Waals surface area contributed by atoms with Crippen LogP contribution in [0.3, 0.4) is 0 Å². The largest absolute Gasteiger partial charge is 0.375 e. The van der Waals surface area contributed by atoms with Crippen LogP contribution in [0.1, 0.15) is 156 Å². The summed E-state index contributed by atoms with van der Waals surface area (Å²) in [5.74, 6) is 0. The van der Waals surface area contributed by atoms with Crippen molar-refractivity contribution in [3.05, 3.63) is 124 Å². The van der Waals surface area contributed by atoms with Crippen LogP contribution in [0, 0.1) is 0 Å². The standard InChI is InChI=1S/C62H65BN2S2/c1-57(2,3)34-19-22-46-38(27-34)39-28-35(58(4,5)6)29-41-52-51-37-17-15-16-18-48(37)66-50(51)33-47-53(52)63(65(46)54(39)41)56-55(40-31-44-45(32-49(40)67-56)62(13,14)26-25-61(44,11)12)64(47)36-20-21-42-43(30-36)60(9,10)24-23-59(42,7)8/h15-22,27-33H,23-26H2,1-14H3. The summed E-state index contributed by atoms with van der Waals surface area (Å²) in [6.45, 7) is 34.1. The van der Waals surface area contributed by atoms with E-state index in [0.29, 0.717) is 0 Å². The van der Waals surface area contributed by atoms with Gasteiger partial charge < -0.3 is 9.38 Å². The normalized spacial score (nSPS) is 18.8. The van der Waals surface area contributed by atoms with E-state index in [2.05, 4.69) is 209 Å². The molecule has 2 nitrogen and oxygen atoms in total. The molecule has 4 aliphatic rings. The molecule has 338 valence electrons. The number of fused-ring (bicyclic) bond motifs is 15. The van der Waals surface area contributed by atoms with Crippen molar-refractivity contribution < 1.29 is 0 Å². The first-order valence-electron chi connectivity index (χ1n) is 25.1. The van der Waals surface area contributed by atoms with Gasteiger partial charge in [0.25, 0.3) is 0 Å². The fraction of sp³-hybridized carbons (Fsp3) is 0.387. The zero-order valence-corrected chi connectivity index (χ0v) is 43.9. The molecule has 67 heavy (non-hydrogen) atoms. The molecule has 2 aliphatic heterocycles. The summed E-state index contributed by atoms with van der Waals surface area (Å²) < 4.78 is 8.43. The number of thiophene rings is 2. The number of benzene rings is 6. The molecule has 0 radical (unpaired) electrons. The van der Waals surface area contributed by atoms with E-state index in [0.717, 1.165) is 0 Å². The zero-order valence-electron chi connectivity index (χ0n) is 42.3. The van der Waals surface area contributed by atoms with Crippen LogP contribution in [0.5, 0.6) is 0 Å². The van der Waals surface area contributed by atoms with Gasteiger partial charge in [0.2, 0.25) is 0 Å². The first-order valence-corrected chi connectivity index (χ1v) is 26.8. The highest BCUT2D eigenvalue weighted by atomic mass is 32.1. The first-order chi connectivity index (χ1) is 31.4. The highest BCUT2D eigenvalue weighted by Gasteiger charge is 2.48. The molecule has 2 aliphatic carbocycles. The molecule has 6 aromatic carbocycles. The lowest BCUT2D eigenvalue weighted by Gasteiger charge is -2.44. The highest BCUT2D eigenvalue weighted by Crippen LogP contribution is 2.56. The van der Waals surface area contributed by atoms with Crippen LogP contribution < -0.4 is 15.1 Å². The maximum atomic E-state index is 2.82. The van der Waals surface area contributed by atoms with Gasteiger partial charge in [0.05, 0.1) is 5.69 Å². The van der Waals surface area contributed by atoms with Gasteiger partial charge in [-0.1, -0.05) is 127 Å². The van der Waals surface area contributed by atoms with E-state index >= 15 is 0 Å². The van der Waals surface area contributed by atoms with E-state index in [4.69, 9.17) is 0 Å². The third-order valence-corrected chi connectivity index (χ3v) is 19.9. The van der Waals surface area contributed by atoms with Crippen molar-refractivity contribution in [2.24, 2.45) is 0 Å². The fourth-order valence-electron chi connectivity index (χ4n) is 13.2. The smallest absolute Gasteiger partial charge is 0.343 e. The summed E-state index contributed by atoms with van der Waals surface area (Å²) in [4.78, 5) is 2.78. The van der Waals surface area contributed by atoms with E-state index in [1.807, 2.05) is 11.3 Å². The molecule has 0 unspecified atom stereocenters. The maximum Gasteiger partial charge on any atom is 0.343 e. The van der Waals surface area contributed by atoms with Gasteiger partial charge in [-0.15, -0.1) is 22.7 Å². The summed E-state index contributed by atoms with van der Waals surface area (Å²) in [6.07, 6.45) is 4.79. The number of anilines is 3. The Morgan fingerprint density at radius 3 is 1.84 bits per heavy atom. The van der Waals surface area contributed by atoms with Crippen LogP contribution >= 0.6 is 22.7 Å². The molecule has 0 spiro atoms. The molecule has 5 heterocycles. The van der Waals surface area contributed by atoms with E-state index in [9.17, 15) is 0 Å². The van der Waals surface area contributed by atoms with Gasteiger partial charge >= 0.3 is 6.85 Å². The minimum atomic E-state index is -0.0443. The Morgan fingerprint density at radius 1 is 0.522 bits per heavy atom. The summed E-state index contributed by atoms with van der Waals surface area (Å²) in [5.41, 5.74) is 20.3. The van der Waals surface area contributed by atoms with Crippen molar-refractivity contribution in [2.45, 2.75) is 155 Å². The topological polar surface area (TPSA) is 8.17 Å². The van der Waals surface area contributed by atoms with Crippen molar-refractivity contribution in [3.63, 3.8) is 0 Å². The highest BCUT2D eigenvalue weighted by molar-refractivity contribution is 7.32. The Kier molecular flexibility index (Phi) is 8.25. The van der Waals surface area contributed by atoms with Crippen molar-refractivity contribution in [1.29, 1.82) is 0 Å². The van der Waals surface area contributed by atoms with Crippen LogP contribution in [0.25, 0.3) is 63.2 Å². The van der Waals surface area contributed by atoms with Gasteiger partial charge in [0.1, 0.15) is 0 Å². The summed E-state index contributed by atoms with van der Waals surface area (Å²) in [5, 5.41) is 6.95. The quantitative estimate of drug-likeness (QED) is 0.149. The van der Waals surface area contributed by atoms with Crippen molar-refractivity contribution in [1.82, 2.24) is 4.48 Å². The monoisotopic (exact) mass is 912 g/mol. The van der Waals surface area contributed by atoms with Crippen molar-refractivity contribution in [3.8, 4) is 11.1 Å². The second kappa shape index (κ2) is 13.1. The van der Waals surface area contributed by atoms with E-state index in [1.54, 1.807) is 0 Å². The summed E-state index contributed by atoms with van der Waals surface area (Å²) in [6, 6.07) is 37.4. The molecule has 0 atom stereocenters. The number of hydrogen-bond donors (Lipinski definition) is 0. The third kappa shape index (κ3) is 5.68. The number of hydrogen-bond acceptors (Lipinski definition) is 3. The molecular formula is C62H65BN2S2. The lowest BCUT2D eigenvalue weighted by atomic mass is 9.48. The Morgan fingerprint density at radius 2 is 1.15 bits per heavy atom. The van der Waals surface area contributed by atoms with Crippen molar-refractivity contribution in [2.75, 3.05) is 4.90 Å². The predicted molar refractivity (Wildman–Crippen MR) is 296 cm³/mol. The molecule has 0 saturated heterocycles. The fourth-order valence-corrected chi connectivity index (χ4v) is 15.7. The number of aromatic nitrogens is 1. The number of rotatable bonds is 1. The molecule has 0 amide bonds. The summed E-state index contributed by atoms with van der Waals surface area (Å²) in [7, 11) is 0. The minimum absolute atomic E-state index is 0.00349. The van der Waals surface area contributed by atoms with Gasteiger partial charge in [-0.3, -0.25) is 0 Å². The summed E-state index contributed by atoms with van der Waals surface area (Å²) >= 11 is 4.05. The lowest BCUT2D eigenvalue weighted by molar-refractivity contribution is 0.332. The average molecular weight is 913 g/mol. The number of nitrogens with zero attached hydrogens (tertiary/aromatic N) is 2. The Labute approximate surface area is 406 Å². The Balaban J connectivity index is 1.25. The molecule has 0 fully saturated rings. The second-order valence-electron chi connectivity index (χ2n) is 25.9. The predicted octanol–water partition coefficient (Wildman–Crippen LogP) is 17.1. The molecule has 0 saturated carbocycles. The Bertz CT molecular complexity index is 3680. The molecule has 9 aromatic rings. The second-order valence-corrected chi connectivity index (χ2v) is 28.1. The van der Waals surface area contributed by atoms with Gasteiger partial charge in [-0.05, 0) is 163 Å². The average Bonchev–Trinajstić information content (AvgIpc) is 3.94. The van der Waals surface area contributed by atoms with E-state index < -0.39 is 0 Å². The van der Waals surface area contributed by atoms with Gasteiger partial charge in [-0.2, -0.15) is 0 Å². The first kappa shape index (κ1) is 42.3. The molecular weight excluding hydrogens is 848 g/mol. The SMILES string of the molecule is CC(C)(C)c1ccc2c(c1)c1cc(C(C)(C)C)cc3c1n2B1c2sc4cc5c(cc4c2N(c2ccc4c(c2)C(C)(C)CCC4(C)C)c2cc4sc6ccccc6c4c-3c21)C(C)(C)CCC5(C)C. The van der Waals surface area contributed by atoms with Gasteiger partial charge in [0, 0.05) is 73.8 Å². The molecule has 5 heteroatoms. The zero-order chi connectivity index (χ0) is 46.9. The van der Waals surface area contributed by atoms with E-state index in [-0.39, 0.29) is 39.3 Å². The molecule has 0 N–H and O–H groups in total. The maximum absolute atomic E-state index is 2.82. The minimum Gasteiger partial charge on any atom is -0.375 e. The molecule has 3 aromatic heterocycles.